The molecule has 2 aromatic rings. The second kappa shape index (κ2) is 6.85. The zero-order valence-corrected chi connectivity index (χ0v) is 11.8. The number of amides is 1. The number of nitrogens with one attached hydrogen (secondary N) is 1. The van der Waals surface area contributed by atoms with Crippen LogP contribution >= 0.6 is 0 Å². The van der Waals surface area contributed by atoms with Crippen LogP contribution in [0, 0.1) is 5.82 Å². The summed E-state index contributed by atoms with van der Waals surface area (Å²) in [6.07, 6.45) is 0. The summed E-state index contributed by atoms with van der Waals surface area (Å²) in [6.45, 7) is 0.695. The fourth-order valence-corrected chi connectivity index (χ4v) is 2.05. The third-order valence-electron chi connectivity index (χ3n) is 2.99. The van der Waals surface area contributed by atoms with Crippen molar-refractivity contribution in [2.45, 2.75) is 6.54 Å². The van der Waals surface area contributed by atoms with Crippen LogP contribution in [0.2, 0.25) is 0 Å². The Labute approximate surface area is 123 Å². The lowest BCUT2D eigenvalue weighted by Gasteiger charge is -2.17. The van der Waals surface area contributed by atoms with E-state index in [4.69, 9.17) is 5.73 Å². The van der Waals surface area contributed by atoms with E-state index in [2.05, 4.69) is 5.32 Å². The number of rotatable bonds is 5. The fourth-order valence-electron chi connectivity index (χ4n) is 2.05. The van der Waals surface area contributed by atoms with Gasteiger partial charge in [-0.2, -0.15) is 0 Å². The zero-order chi connectivity index (χ0) is 15.2. The van der Waals surface area contributed by atoms with Crippen LogP contribution in [0.3, 0.4) is 0 Å². The van der Waals surface area contributed by atoms with Gasteiger partial charge in [0.25, 0.3) is 0 Å². The molecule has 0 aliphatic heterocycles. The van der Waals surface area contributed by atoms with Gasteiger partial charge in [0.15, 0.2) is 0 Å². The lowest BCUT2D eigenvalue weighted by Crippen LogP contribution is -2.30. The summed E-state index contributed by atoms with van der Waals surface area (Å²) in [5, 5.41) is 2.76. The summed E-state index contributed by atoms with van der Waals surface area (Å²) in [5.74, 6) is -0.436. The smallest absolute Gasteiger partial charge is 0.238 e. The van der Waals surface area contributed by atoms with E-state index in [1.54, 1.807) is 31.3 Å². The molecule has 0 fully saturated rings. The highest BCUT2D eigenvalue weighted by Crippen LogP contribution is 2.16. The Kier molecular flexibility index (Phi) is 4.90. The monoisotopic (exact) mass is 287 g/mol. The number of anilines is 2. The molecule has 0 atom stereocenters. The van der Waals surface area contributed by atoms with Crippen molar-refractivity contribution in [3.8, 4) is 0 Å². The van der Waals surface area contributed by atoms with Crippen LogP contribution in [0.1, 0.15) is 5.56 Å². The van der Waals surface area contributed by atoms with Crippen LogP contribution in [0.25, 0.3) is 0 Å². The van der Waals surface area contributed by atoms with Gasteiger partial charge in [0.1, 0.15) is 5.82 Å². The molecule has 21 heavy (non-hydrogen) atoms. The predicted molar refractivity (Wildman–Crippen MR) is 82.2 cm³/mol. The largest absolute Gasteiger partial charge is 0.397 e. The van der Waals surface area contributed by atoms with Gasteiger partial charge < -0.3 is 11.1 Å². The molecule has 2 aromatic carbocycles. The SMILES string of the molecule is CN(CC(=O)Nc1ccccc1N)Cc1cccc(F)c1. The predicted octanol–water partition coefficient (Wildman–Crippen LogP) is 2.48. The second-order valence-electron chi connectivity index (χ2n) is 4.94. The molecular weight excluding hydrogens is 269 g/mol. The number of nitrogens with two attached hydrogens (primary N) is 1. The molecule has 0 radical (unpaired) electrons. The minimum absolute atomic E-state index is 0.160. The number of hydrogen-bond acceptors (Lipinski definition) is 3. The van der Waals surface area contributed by atoms with E-state index >= 15 is 0 Å². The van der Waals surface area contributed by atoms with E-state index in [0.29, 0.717) is 17.9 Å². The van der Waals surface area contributed by atoms with E-state index in [9.17, 15) is 9.18 Å². The van der Waals surface area contributed by atoms with Gasteiger partial charge in [0.05, 0.1) is 17.9 Å². The maximum atomic E-state index is 13.1. The number of hydrogen-bond donors (Lipinski definition) is 2. The van der Waals surface area contributed by atoms with Gasteiger partial charge in [-0.25, -0.2) is 4.39 Å². The Morgan fingerprint density at radius 1 is 1.24 bits per heavy atom. The van der Waals surface area contributed by atoms with Crippen molar-refractivity contribution in [3.63, 3.8) is 0 Å². The van der Waals surface area contributed by atoms with Crippen LogP contribution in [-0.2, 0) is 11.3 Å². The van der Waals surface area contributed by atoms with Crippen LogP contribution in [0.15, 0.2) is 48.5 Å². The highest BCUT2D eigenvalue weighted by atomic mass is 19.1. The average Bonchev–Trinajstić information content (AvgIpc) is 2.41. The molecule has 2 rings (SSSR count). The normalized spacial score (nSPS) is 10.6. The molecule has 0 unspecified atom stereocenters. The van der Waals surface area contributed by atoms with Crippen LogP contribution < -0.4 is 11.1 Å². The molecule has 5 heteroatoms. The number of nitrogens with zero attached hydrogens (tertiary/aromatic N) is 1. The summed E-state index contributed by atoms with van der Waals surface area (Å²) in [6, 6.07) is 13.4. The molecule has 0 bridgehead atoms. The van der Waals surface area contributed by atoms with Gasteiger partial charge in [0, 0.05) is 6.54 Å². The topological polar surface area (TPSA) is 58.4 Å². The van der Waals surface area contributed by atoms with Gasteiger partial charge in [-0.15, -0.1) is 0 Å². The molecule has 0 aliphatic carbocycles. The molecule has 0 aliphatic rings. The Balaban J connectivity index is 1.89. The summed E-state index contributed by atoms with van der Waals surface area (Å²) in [7, 11) is 1.80. The number of nitrogen functional groups attached to an aromatic ring is 1. The first-order valence-corrected chi connectivity index (χ1v) is 6.62. The third kappa shape index (κ3) is 4.57. The van der Waals surface area contributed by atoms with Gasteiger partial charge in [-0.3, -0.25) is 9.69 Å². The van der Waals surface area contributed by atoms with Crippen molar-refractivity contribution in [2.75, 3.05) is 24.6 Å². The summed E-state index contributed by atoms with van der Waals surface area (Å²) in [4.78, 5) is 13.8. The number of benzene rings is 2. The van der Waals surface area contributed by atoms with E-state index < -0.39 is 0 Å². The molecule has 110 valence electrons. The molecule has 1 amide bonds. The molecule has 0 spiro atoms. The van der Waals surface area contributed by atoms with E-state index in [1.165, 1.54) is 12.1 Å². The summed E-state index contributed by atoms with van der Waals surface area (Å²) >= 11 is 0. The van der Waals surface area contributed by atoms with Crippen molar-refractivity contribution in [3.05, 3.63) is 59.9 Å². The molecule has 3 N–H and O–H groups in total. The number of likely N-dealkylation sites (N-methyl/N-ethyl adjacent to an activating group) is 1. The van der Waals surface area contributed by atoms with Crippen LogP contribution in [0.4, 0.5) is 15.8 Å². The molecule has 0 aromatic heterocycles. The standard InChI is InChI=1S/C16H18FN3O/c1-20(10-12-5-4-6-13(17)9-12)11-16(21)19-15-8-3-2-7-14(15)18/h2-9H,10-11,18H2,1H3,(H,19,21). The second-order valence-corrected chi connectivity index (χ2v) is 4.94. The van der Waals surface area contributed by atoms with Crippen LogP contribution in [0.5, 0.6) is 0 Å². The lowest BCUT2D eigenvalue weighted by atomic mass is 10.2. The van der Waals surface area contributed by atoms with Crippen LogP contribution in [-0.4, -0.2) is 24.4 Å². The Bertz CT molecular complexity index is 630. The van der Waals surface area contributed by atoms with Gasteiger partial charge >= 0.3 is 0 Å². The molecular formula is C16H18FN3O. The molecule has 0 heterocycles. The fraction of sp³-hybridized carbons (Fsp3) is 0.188. The minimum atomic E-state index is -0.276. The average molecular weight is 287 g/mol. The quantitative estimate of drug-likeness (QED) is 0.831. The van der Waals surface area contributed by atoms with E-state index in [1.807, 2.05) is 17.0 Å². The summed E-state index contributed by atoms with van der Waals surface area (Å²) in [5.41, 5.74) is 7.72. The number of carbonyl (C=O) groups is 1. The van der Waals surface area contributed by atoms with Crippen molar-refractivity contribution in [1.29, 1.82) is 0 Å². The Morgan fingerprint density at radius 3 is 2.71 bits per heavy atom. The molecule has 0 saturated heterocycles. The van der Waals surface area contributed by atoms with Gasteiger partial charge in [-0.05, 0) is 36.9 Å². The first-order valence-electron chi connectivity index (χ1n) is 6.62. The first-order chi connectivity index (χ1) is 10.0. The van der Waals surface area contributed by atoms with Crippen molar-refractivity contribution < 1.29 is 9.18 Å². The summed E-state index contributed by atoms with van der Waals surface area (Å²) < 4.78 is 13.1. The number of carbonyl (C=O) groups excluding carboxylic acids is 1. The van der Waals surface area contributed by atoms with Gasteiger partial charge in [0.2, 0.25) is 5.91 Å². The highest BCUT2D eigenvalue weighted by Gasteiger charge is 2.09. The van der Waals surface area contributed by atoms with E-state index in [-0.39, 0.29) is 18.3 Å². The Hall–Kier alpha value is -2.40. The highest BCUT2D eigenvalue weighted by molar-refractivity contribution is 5.95. The molecule has 0 saturated carbocycles. The zero-order valence-electron chi connectivity index (χ0n) is 11.8. The Morgan fingerprint density at radius 2 is 2.00 bits per heavy atom. The minimum Gasteiger partial charge on any atom is -0.397 e. The van der Waals surface area contributed by atoms with E-state index in [0.717, 1.165) is 5.56 Å². The maximum Gasteiger partial charge on any atom is 0.238 e. The van der Waals surface area contributed by atoms with Crippen molar-refractivity contribution in [2.24, 2.45) is 0 Å². The number of para-hydroxylation sites is 2. The lowest BCUT2D eigenvalue weighted by molar-refractivity contribution is -0.117. The maximum absolute atomic E-state index is 13.1. The van der Waals surface area contributed by atoms with Gasteiger partial charge in [-0.1, -0.05) is 24.3 Å². The van der Waals surface area contributed by atoms with Crippen molar-refractivity contribution in [1.82, 2.24) is 4.90 Å². The van der Waals surface area contributed by atoms with Crippen molar-refractivity contribution >= 4 is 17.3 Å². The number of halogens is 1. The third-order valence-corrected chi connectivity index (χ3v) is 2.99. The molecule has 4 nitrogen and oxygen atoms in total. The first kappa shape index (κ1) is 15.0.